The number of rotatable bonds is 5. The summed E-state index contributed by atoms with van der Waals surface area (Å²) in [5, 5.41) is 17.1. The average Bonchev–Trinajstić information content (AvgIpc) is 3.38. The number of nitrogens with one attached hydrogen (secondary N) is 1. The molecule has 0 radical (unpaired) electrons. The van der Waals surface area contributed by atoms with Crippen molar-refractivity contribution in [3.63, 3.8) is 0 Å². The summed E-state index contributed by atoms with van der Waals surface area (Å²) in [4.78, 5) is 0. The topological polar surface area (TPSA) is 73.0 Å². The van der Waals surface area contributed by atoms with Gasteiger partial charge < -0.3 is 4.74 Å². The molecule has 0 spiro atoms. The van der Waals surface area contributed by atoms with Crippen molar-refractivity contribution in [2.24, 2.45) is 5.10 Å². The van der Waals surface area contributed by atoms with E-state index in [-0.39, 0.29) is 6.10 Å². The molecule has 1 saturated heterocycles. The molecule has 1 fully saturated rings. The minimum absolute atomic E-state index is 0.0739. The summed E-state index contributed by atoms with van der Waals surface area (Å²) in [6.45, 7) is 5.33. The molecule has 0 amide bonds. The average molecular weight is 417 g/mol. The van der Waals surface area contributed by atoms with Gasteiger partial charge in [-0.1, -0.05) is 29.8 Å². The molecule has 7 nitrogen and oxygen atoms in total. The third kappa shape index (κ3) is 3.67. The zero-order valence-corrected chi connectivity index (χ0v) is 17.3. The summed E-state index contributed by atoms with van der Waals surface area (Å²) in [7, 11) is 0. The van der Waals surface area contributed by atoms with Gasteiger partial charge in [-0.3, -0.25) is 9.78 Å². The summed E-state index contributed by atoms with van der Waals surface area (Å²) >= 11 is 11.6. The number of aromatic nitrogens is 5. The van der Waals surface area contributed by atoms with Gasteiger partial charge in [-0.15, -0.1) is 0 Å². The highest BCUT2D eigenvalue weighted by atomic mass is 35.5. The van der Waals surface area contributed by atoms with Gasteiger partial charge in [0.15, 0.2) is 5.82 Å². The molecule has 28 heavy (non-hydrogen) atoms. The fourth-order valence-corrected chi connectivity index (χ4v) is 3.74. The van der Waals surface area contributed by atoms with Crippen LogP contribution in [-0.2, 0) is 11.3 Å². The zero-order valence-electron chi connectivity index (χ0n) is 15.7. The quantitative estimate of drug-likeness (QED) is 0.500. The van der Waals surface area contributed by atoms with Crippen LogP contribution in [0.3, 0.4) is 0 Å². The SMILES string of the molecule is Cc1nn(Cc2ccccc2Cl)c(C)c1C=Nn1c([C@@H]2CCCO2)n[nH]c1=S. The molecule has 0 bridgehead atoms. The van der Waals surface area contributed by atoms with E-state index in [9.17, 15) is 0 Å². The third-order valence-corrected chi connectivity index (χ3v) is 5.54. The number of aryl methyl sites for hydroxylation is 1. The molecular formula is C19H21ClN6OS. The van der Waals surface area contributed by atoms with Gasteiger partial charge in [0.05, 0.1) is 18.5 Å². The monoisotopic (exact) mass is 416 g/mol. The maximum absolute atomic E-state index is 6.29. The van der Waals surface area contributed by atoms with E-state index in [1.807, 2.05) is 42.8 Å². The molecule has 1 N–H and O–H groups in total. The van der Waals surface area contributed by atoms with Gasteiger partial charge in [-0.05, 0) is 50.5 Å². The van der Waals surface area contributed by atoms with Crippen LogP contribution < -0.4 is 0 Å². The first-order valence-electron chi connectivity index (χ1n) is 9.15. The molecule has 1 aromatic carbocycles. The van der Waals surface area contributed by atoms with Gasteiger partial charge in [0.2, 0.25) is 4.77 Å². The van der Waals surface area contributed by atoms with Crippen molar-refractivity contribution >= 4 is 30.0 Å². The van der Waals surface area contributed by atoms with Crippen molar-refractivity contribution < 1.29 is 4.74 Å². The molecular weight excluding hydrogens is 396 g/mol. The predicted molar refractivity (Wildman–Crippen MR) is 111 cm³/mol. The Morgan fingerprint density at radius 1 is 1.39 bits per heavy atom. The highest BCUT2D eigenvalue weighted by Crippen LogP contribution is 2.27. The van der Waals surface area contributed by atoms with Gasteiger partial charge in [0.25, 0.3) is 0 Å². The van der Waals surface area contributed by atoms with Gasteiger partial charge in [0.1, 0.15) is 6.10 Å². The molecule has 2 aromatic heterocycles. The number of hydrogen-bond donors (Lipinski definition) is 1. The molecule has 3 heterocycles. The highest BCUT2D eigenvalue weighted by molar-refractivity contribution is 7.71. The lowest BCUT2D eigenvalue weighted by molar-refractivity contribution is 0.102. The molecule has 1 aliphatic rings. The van der Waals surface area contributed by atoms with Gasteiger partial charge in [-0.2, -0.15) is 20.0 Å². The Kier molecular flexibility index (Phi) is 5.43. The predicted octanol–water partition coefficient (Wildman–Crippen LogP) is 4.19. The smallest absolute Gasteiger partial charge is 0.216 e. The van der Waals surface area contributed by atoms with E-state index in [1.54, 1.807) is 10.9 Å². The van der Waals surface area contributed by atoms with E-state index < -0.39 is 0 Å². The summed E-state index contributed by atoms with van der Waals surface area (Å²) < 4.78 is 9.74. The van der Waals surface area contributed by atoms with Crippen molar-refractivity contribution in [1.29, 1.82) is 0 Å². The Balaban J connectivity index is 1.63. The van der Waals surface area contributed by atoms with Crippen LogP contribution >= 0.6 is 23.8 Å². The van der Waals surface area contributed by atoms with Crippen LogP contribution in [0.2, 0.25) is 5.02 Å². The number of hydrogen-bond acceptors (Lipinski definition) is 5. The fraction of sp³-hybridized carbons (Fsp3) is 0.368. The second-order valence-corrected chi connectivity index (χ2v) is 7.57. The van der Waals surface area contributed by atoms with E-state index in [2.05, 4.69) is 20.4 Å². The van der Waals surface area contributed by atoms with E-state index in [0.29, 0.717) is 17.1 Å². The summed E-state index contributed by atoms with van der Waals surface area (Å²) in [6, 6.07) is 7.79. The molecule has 0 unspecified atom stereocenters. The number of aromatic amines is 1. The largest absolute Gasteiger partial charge is 0.370 e. The van der Waals surface area contributed by atoms with Gasteiger partial charge in [-0.25, -0.2) is 0 Å². The molecule has 9 heteroatoms. The Bertz CT molecular complexity index is 1080. The number of ether oxygens (including phenoxy) is 1. The minimum Gasteiger partial charge on any atom is -0.370 e. The van der Waals surface area contributed by atoms with Crippen LogP contribution in [0.25, 0.3) is 0 Å². The Labute approximate surface area is 173 Å². The maximum Gasteiger partial charge on any atom is 0.216 e. The van der Waals surface area contributed by atoms with Gasteiger partial charge in [0, 0.05) is 22.9 Å². The molecule has 4 rings (SSSR count). The van der Waals surface area contributed by atoms with Crippen molar-refractivity contribution in [2.45, 2.75) is 39.3 Å². The minimum atomic E-state index is -0.0739. The summed E-state index contributed by atoms with van der Waals surface area (Å²) in [6.07, 6.45) is 3.64. The Hall–Kier alpha value is -2.29. The summed E-state index contributed by atoms with van der Waals surface area (Å²) in [5.41, 5.74) is 3.88. The zero-order chi connectivity index (χ0) is 19.7. The maximum atomic E-state index is 6.29. The molecule has 0 saturated carbocycles. The summed E-state index contributed by atoms with van der Waals surface area (Å²) in [5.74, 6) is 0.706. The normalized spacial score (nSPS) is 17.0. The lowest BCUT2D eigenvalue weighted by Gasteiger charge is -2.07. The van der Waals surface area contributed by atoms with Crippen LogP contribution in [0, 0.1) is 18.6 Å². The first-order valence-corrected chi connectivity index (χ1v) is 9.94. The van der Waals surface area contributed by atoms with E-state index in [4.69, 9.17) is 28.6 Å². The second kappa shape index (κ2) is 7.98. The second-order valence-electron chi connectivity index (χ2n) is 6.78. The van der Waals surface area contributed by atoms with Crippen LogP contribution in [0.5, 0.6) is 0 Å². The lowest BCUT2D eigenvalue weighted by Crippen LogP contribution is -2.06. The fourth-order valence-electron chi connectivity index (χ4n) is 3.36. The van der Waals surface area contributed by atoms with E-state index in [0.717, 1.165) is 47.0 Å². The van der Waals surface area contributed by atoms with Crippen LogP contribution in [0.1, 0.15) is 47.3 Å². The lowest BCUT2D eigenvalue weighted by atomic mass is 10.2. The number of H-pyrrole nitrogens is 1. The van der Waals surface area contributed by atoms with Crippen LogP contribution in [-0.4, -0.2) is 37.5 Å². The Morgan fingerprint density at radius 2 is 2.21 bits per heavy atom. The van der Waals surface area contributed by atoms with Gasteiger partial charge >= 0.3 is 0 Å². The molecule has 1 aliphatic heterocycles. The van der Waals surface area contributed by atoms with Crippen molar-refractivity contribution in [1.82, 2.24) is 24.7 Å². The van der Waals surface area contributed by atoms with Crippen molar-refractivity contribution in [3.05, 3.63) is 62.4 Å². The molecule has 1 atom stereocenters. The molecule has 146 valence electrons. The van der Waals surface area contributed by atoms with Crippen LogP contribution in [0.15, 0.2) is 29.4 Å². The third-order valence-electron chi connectivity index (χ3n) is 4.91. The van der Waals surface area contributed by atoms with Crippen molar-refractivity contribution in [2.75, 3.05) is 6.61 Å². The standard InChI is InChI=1S/C19H21ClN6OS/c1-12-15(13(2)25(24-12)11-14-6-3-4-7-16(14)20)10-21-26-18(22-23-19(26)28)17-8-5-9-27-17/h3-4,6-7,10,17H,5,8-9,11H2,1-2H3,(H,23,28)/t17-/m0/s1. The van der Waals surface area contributed by atoms with Crippen molar-refractivity contribution in [3.8, 4) is 0 Å². The molecule has 0 aliphatic carbocycles. The first-order chi connectivity index (χ1) is 13.5. The number of nitrogens with zero attached hydrogens (tertiary/aromatic N) is 5. The molecule has 3 aromatic rings. The first kappa shape index (κ1) is 19.0. The number of halogens is 1. The highest BCUT2D eigenvalue weighted by Gasteiger charge is 2.23. The Morgan fingerprint density at radius 3 is 2.96 bits per heavy atom. The van der Waals surface area contributed by atoms with Crippen LogP contribution in [0.4, 0.5) is 0 Å². The van der Waals surface area contributed by atoms with E-state index >= 15 is 0 Å². The number of benzene rings is 1. The van der Waals surface area contributed by atoms with E-state index in [1.165, 1.54) is 0 Å².